The van der Waals surface area contributed by atoms with Crippen molar-refractivity contribution in [3.05, 3.63) is 119 Å². The van der Waals surface area contributed by atoms with Gasteiger partial charge < -0.3 is 4.90 Å². The van der Waals surface area contributed by atoms with Crippen molar-refractivity contribution in [3.8, 4) is 6.07 Å². The van der Waals surface area contributed by atoms with Gasteiger partial charge >= 0.3 is 0 Å². The molecule has 3 aromatic rings. The topological polar surface area (TPSA) is 81.5 Å². The van der Waals surface area contributed by atoms with Crippen LogP contribution in [0.5, 0.6) is 0 Å². The first-order valence-corrected chi connectivity index (χ1v) is 10.9. The van der Waals surface area contributed by atoms with Crippen molar-refractivity contribution in [1.82, 2.24) is 9.80 Å². The van der Waals surface area contributed by atoms with Crippen LogP contribution >= 0.6 is 0 Å². The van der Waals surface area contributed by atoms with E-state index in [1.165, 1.54) is 11.0 Å². The molecule has 1 aliphatic heterocycles. The molecular formula is C28H23N3O3. The Kier molecular flexibility index (Phi) is 6.65. The minimum absolute atomic E-state index is 0.251. The molecule has 1 aliphatic rings. The van der Waals surface area contributed by atoms with E-state index in [4.69, 9.17) is 5.26 Å². The second kappa shape index (κ2) is 9.97. The number of amides is 3. The largest absolute Gasteiger partial charge is 0.331 e. The molecule has 0 aliphatic carbocycles. The lowest BCUT2D eigenvalue weighted by molar-refractivity contribution is 0.0655. The third kappa shape index (κ3) is 4.64. The van der Waals surface area contributed by atoms with E-state index in [1.54, 1.807) is 47.4 Å². The van der Waals surface area contributed by atoms with Crippen LogP contribution < -0.4 is 0 Å². The maximum atomic E-state index is 13.3. The number of nitrogens with zero attached hydrogens (tertiary/aromatic N) is 3. The molecule has 3 amide bonds. The Bertz CT molecular complexity index is 1290. The fourth-order valence-electron chi connectivity index (χ4n) is 3.98. The predicted molar refractivity (Wildman–Crippen MR) is 128 cm³/mol. The van der Waals surface area contributed by atoms with E-state index in [9.17, 15) is 14.4 Å². The number of hydrogen-bond acceptors (Lipinski definition) is 4. The van der Waals surface area contributed by atoms with Crippen LogP contribution in [0.25, 0.3) is 0 Å². The molecule has 0 bridgehead atoms. The number of carbonyl (C=O) groups excluding carboxylic acids is 3. The molecule has 0 spiro atoms. The predicted octanol–water partition coefficient (Wildman–Crippen LogP) is 4.23. The van der Waals surface area contributed by atoms with Crippen molar-refractivity contribution in [3.63, 3.8) is 0 Å². The van der Waals surface area contributed by atoms with Crippen LogP contribution in [-0.4, -0.2) is 40.6 Å². The number of nitriles is 1. The number of rotatable bonds is 8. The Hall–Kier alpha value is -4.50. The molecule has 0 saturated carbocycles. The van der Waals surface area contributed by atoms with E-state index in [2.05, 4.69) is 12.6 Å². The number of benzene rings is 3. The van der Waals surface area contributed by atoms with Crippen LogP contribution in [0, 0.1) is 11.3 Å². The molecule has 0 fully saturated rings. The molecule has 0 unspecified atom stereocenters. The molecule has 6 nitrogen and oxygen atoms in total. The Labute approximate surface area is 198 Å². The first-order chi connectivity index (χ1) is 16.5. The molecule has 0 N–H and O–H groups in total. The number of carbonyl (C=O) groups is 3. The van der Waals surface area contributed by atoms with Crippen molar-refractivity contribution in [2.45, 2.75) is 13.0 Å². The molecule has 0 aromatic heterocycles. The average molecular weight is 450 g/mol. The van der Waals surface area contributed by atoms with Crippen LogP contribution in [0.2, 0.25) is 0 Å². The molecule has 6 heteroatoms. The van der Waals surface area contributed by atoms with Crippen LogP contribution in [0.15, 0.2) is 85.5 Å². The van der Waals surface area contributed by atoms with Crippen molar-refractivity contribution < 1.29 is 14.4 Å². The van der Waals surface area contributed by atoms with Gasteiger partial charge in [-0.2, -0.15) is 5.26 Å². The molecular weight excluding hydrogens is 426 g/mol. The normalized spacial score (nSPS) is 12.3. The first kappa shape index (κ1) is 22.7. The second-order valence-electron chi connectivity index (χ2n) is 8.04. The van der Waals surface area contributed by atoms with E-state index in [0.29, 0.717) is 36.2 Å². The highest BCUT2D eigenvalue weighted by molar-refractivity contribution is 6.22. The minimum Gasteiger partial charge on any atom is -0.331 e. The van der Waals surface area contributed by atoms with Gasteiger partial charge in [0.2, 0.25) is 0 Å². The summed E-state index contributed by atoms with van der Waals surface area (Å²) in [5.74, 6) is -0.988. The summed E-state index contributed by atoms with van der Waals surface area (Å²) in [6, 6.07) is 23.4. The first-order valence-electron chi connectivity index (χ1n) is 10.9. The molecule has 3 aromatic carbocycles. The van der Waals surface area contributed by atoms with Gasteiger partial charge in [0.1, 0.15) is 0 Å². The zero-order valence-corrected chi connectivity index (χ0v) is 18.6. The van der Waals surface area contributed by atoms with Gasteiger partial charge in [0, 0.05) is 25.2 Å². The summed E-state index contributed by atoms with van der Waals surface area (Å²) in [5.41, 5.74) is 3.36. The lowest BCUT2D eigenvalue weighted by atomic mass is 10.0. The van der Waals surface area contributed by atoms with Crippen LogP contribution in [0.3, 0.4) is 0 Å². The maximum absolute atomic E-state index is 13.3. The fourth-order valence-corrected chi connectivity index (χ4v) is 3.98. The van der Waals surface area contributed by atoms with E-state index in [-0.39, 0.29) is 29.8 Å². The van der Waals surface area contributed by atoms with Crippen molar-refractivity contribution in [1.29, 1.82) is 5.26 Å². The summed E-state index contributed by atoms with van der Waals surface area (Å²) in [5, 5.41) is 8.98. The zero-order chi connectivity index (χ0) is 24.1. The van der Waals surface area contributed by atoms with Gasteiger partial charge in [0.25, 0.3) is 17.7 Å². The van der Waals surface area contributed by atoms with E-state index in [0.717, 1.165) is 11.1 Å². The molecule has 0 saturated heterocycles. The summed E-state index contributed by atoms with van der Waals surface area (Å²) in [4.78, 5) is 41.9. The highest BCUT2D eigenvalue weighted by Crippen LogP contribution is 2.25. The van der Waals surface area contributed by atoms with Gasteiger partial charge in [-0.05, 0) is 47.9 Å². The van der Waals surface area contributed by atoms with Gasteiger partial charge in [-0.25, -0.2) is 0 Å². The van der Waals surface area contributed by atoms with Crippen molar-refractivity contribution in [2.24, 2.45) is 0 Å². The zero-order valence-electron chi connectivity index (χ0n) is 18.6. The Morgan fingerprint density at radius 2 is 1.65 bits per heavy atom. The average Bonchev–Trinajstić information content (AvgIpc) is 3.11. The summed E-state index contributed by atoms with van der Waals surface area (Å²) in [6.45, 7) is 4.65. The molecule has 4 rings (SSSR count). The minimum atomic E-state index is -0.382. The highest BCUT2D eigenvalue weighted by Gasteiger charge is 2.36. The molecule has 34 heavy (non-hydrogen) atoms. The van der Waals surface area contributed by atoms with Gasteiger partial charge in [0.05, 0.1) is 22.8 Å². The number of imide groups is 1. The molecule has 0 atom stereocenters. The summed E-state index contributed by atoms with van der Waals surface area (Å²) < 4.78 is 0. The lowest BCUT2D eigenvalue weighted by Crippen LogP contribution is -2.32. The van der Waals surface area contributed by atoms with Crippen molar-refractivity contribution in [2.75, 3.05) is 13.1 Å². The number of fused-ring (bicyclic) bond motifs is 1. The summed E-state index contributed by atoms with van der Waals surface area (Å²) >= 11 is 0. The second-order valence-corrected chi connectivity index (χ2v) is 8.04. The van der Waals surface area contributed by atoms with Crippen LogP contribution in [0.1, 0.15) is 47.8 Å². The van der Waals surface area contributed by atoms with Gasteiger partial charge in [-0.1, -0.05) is 48.5 Å². The monoisotopic (exact) mass is 449 g/mol. The van der Waals surface area contributed by atoms with Gasteiger partial charge in [0.15, 0.2) is 0 Å². The number of hydrogen-bond donors (Lipinski definition) is 0. The summed E-state index contributed by atoms with van der Waals surface area (Å²) in [6.07, 6.45) is 2.20. The Morgan fingerprint density at radius 1 is 0.941 bits per heavy atom. The molecule has 0 radical (unpaired) electrons. The van der Waals surface area contributed by atoms with E-state index < -0.39 is 0 Å². The van der Waals surface area contributed by atoms with Gasteiger partial charge in [-0.3, -0.25) is 19.3 Å². The van der Waals surface area contributed by atoms with Gasteiger partial charge in [-0.15, -0.1) is 6.58 Å². The standard InChI is InChI=1S/C28H23N3O3/c1-2-15-30(19-22-10-8-21(18-29)9-11-22)26(32)23-12-13-24-25(17-23)28(34)31(27(24)33)16-14-20-6-4-3-5-7-20/h2-13,17H,1,14-16,19H2. The fraction of sp³-hybridized carbons (Fsp3) is 0.143. The SMILES string of the molecule is C=CCN(Cc1ccc(C#N)cc1)C(=O)c1ccc2c(c1)C(=O)N(CCc1ccccc1)C2=O. The third-order valence-electron chi connectivity index (χ3n) is 5.78. The Morgan fingerprint density at radius 3 is 2.32 bits per heavy atom. The maximum Gasteiger partial charge on any atom is 0.261 e. The van der Waals surface area contributed by atoms with E-state index in [1.807, 2.05) is 30.3 Å². The van der Waals surface area contributed by atoms with Crippen LogP contribution in [-0.2, 0) is 13.0 Å². The summed E-state index contributed by atoms with van der Waals surface area (Å²) in [7, 11) is 0. The lowest BCUT2D eigenvalue weighted by Gasteiger charge is -2.21. The Balaban J connectivity index is 1.52. The van der Waals surface area contributed by atoms with Crippen molar-refractivity contribution >= 4 is 17.7 Å². The third-order valence-corrected chi connectivity index (χ3v) is 5.78. The quantitative estimate of drug-likeness (QED) is 0.381. The van der Waals surface area contributed by atoms with E-state index >= 15 is 0 Å². The molecule has 168 valence electrons. The smallest absolute Gasteiger partial charge is 0.261 e. The highest BCUT2D eigenvalue weighted by atomic mass is 16.2. The molecule has 1 heterocycles. The van der Waals surface area contributed by atoms with Crippen LogP contribution in [0.4, 0.5) is 0 Å².